The van der Waals surface area contributed by atoms with E-state index in [0.717, 1.165) is 5.56 Å². The highest BCUT2D eigenvalue weighted by molar-refractivity contribution is 6.30. The van der Waals surface area contributed by atoms with Gasteiger partial charge in [0.25, 0.3) is 0 Å². The number of halogens is 2. The van der Waals surface area contributed by atoms with E-state index in [-0.39, 0.29) is 37.3 Å². The number of hydrogen-bond donors (Lipinski definition) is 1. The first-order valence-corrected chi connectivity index (χ1v) is 10.9. The van der Waals surface area contributed by atoms with Crippen molar-refractivity contribution in [3.05, 3.63) is 92.9 Å². The lowest BCUT2D eigenvalue weighted by Crippen LogP contribution is -2.41. The number of nitrogens with zero attached hydrogens (tertiary/aromatic N) is 4. The summed E-state index contributed by atoms with van der Waals surface area (Å²) in [5, 5.41) is 11.3. The van der Waals surface area contributed by atoms with E-state index in [2.05, 4.69) is 9.97 Å². The van der Waals surface area contributed by atoms with Gasteiger partial charge in [-0.1, -0.05) is 41.9 Å². The SMILES string of the molecule is CC(=O)OCc1nc(N2CC=C(c3ccc(F)cc3)C(O)C2)nc(=O)n1Cc1ccc(Cl)cc1. The van der Waals surface area contributed by atoms with Crippen LogP contribution in [0, 0.1) is 5.82 Å². The van der Waals surface area contributed by atoms with Crippen molar-refractivity contribution in [1.82, 2.24) is 14.5 Å². The zero-order valence-electron chi connectivity index (χ0n) is 18.3. The summed E-state index contributed by atoms with van der Waals surface area (Å²) >= 11 is 5.94. The second-order valence-corrected chi connectivity index (χ2v) is 8.24. The number of ether oxygens (including phenoxy) is 1. The first kappa shape index (κ1) is 23.6. The van der Waals surface area contributed by atoms with Gasteiger partial charge in [0.1, 0.15) is 12.4 Å². The molecule has 8 nitrogen and oxygen atoms in total. The quantitative estimate of drug-likeness (QED) is 0.537. The minimum atomic E-state index is -0.892. The van der Waals surface area contributed by atoms with E-state index in [1.165, 1.54) is 23.6 Å². The van der Waals surface area contributed by atoms with E-state index >= 15 is 0 Å². The third kappa shape index (κ3) is 5.49. The van der Waals surface area contributed by atoms with E-state index in [1.54, 1.807) is 47.4 Å². The molecule has 0 spiro atoms. The molecule has 1 unspecified atom stereocenters. The lowest BCUT2D eigenvalue weighted by atomic mass is 9.97. The molecule has 2 aromatic carbocycles. The molecule has 176 valence electrons. The van der Waals surface area contributed by atoms with Crippen molar-refractivity contribution in [2.75, 3.05) is 18.0 Å². The number of anilines is 1. The number of β-amino-alcohol motifs (C(OH)–C–C–N with tert-alkyl or cyclic N) is 1. The number of rotatable bonds is 6. The van der Waals surface area contributed by atoms with Crippen molar-refractivity contribution in [3.8, 4) is 0 Å². The van der Waals surface area contributed by atoms with Gasteiger partial charge >= 0.3 is 11.7 Å². The molecule has 34 heavy (non-hydrogen) atoms. The van der Waals surface area contributed by atoms with Crippen LogP contribution in [0.2, 0.25) is 5.02 Å². The van der Waals surface area contributed by atoms with Crippen molar-refractivity contribution in [2.24, 2.45) is 0 Å². The van der Waals surface area contributed by atoms with Crippen LogP contribution in [0.1, 0.15) is 23.9 Å². The van der Waals surface area contributed by atoms with Gasteiger partial charge in [0.15, 0.2) is 5.82 Å². The maximum atomic E-state index is 13.2. The summed E-state index contributed by atoms with van der Waals surface area (Å²) < 4.78 is 19.7. The van der Waals surface area contributed by atoms with Gasteiger partial charge in [0, 0.05) is 18.5 Å². The maximum Gasteiger partial charge on any atom is 0.352 e. The molecule has 0 aliphatic carbocycles. The van der Waals surface area contributed by atoms with Gasteiger partial charge in [0.05, 0.1) is 19.2 Å². The molecule has 1 N–H and O–H groups in total. The Labute approximate surface area is 199 Å². The molecular weight excluding hydrogens is 463 g/mol. The van der Waals surface area contributed by atoms with Gasteiger partial charge in [-0.2, -0.15) is 9.97 Å². The predicted molar refractivity (Wildman–Crippen MR) is 125 cm³/mol. The second kappa shape index (κ2) is 10.1. The highest BCUT2D eigenvalue weighted by atomic mass is 35.5. The Morgan fingerprint density at radius 1 is 1.18 bits per heavy atom. The molecule has 0 radical (unpaired) electrons. The maximum absolute atomic E-state index is 13.2. The van der Waals surface area contributed by atoms with Crippen LogP contribution in [0.4, 0.5) is 10.3 Å². The summed E-state index contributed by atoms with van der Waals surface area (Å²) in [7, 11) is 0. The van der Waals surface area contributed by atoms with Gasteiger partial charge in [0.2, 0.25) is 5.95 Å². The average Bonchev–Trinajstić information content (AvgIpc) is 2.81. The Bertz CT molecular complexity index is 1280. The number of carbonyl (C=O) groups excluding carboxylic acids is 1. The van der Waals surface area contributed by atoms with Gasteiger partial charge in [-0.25, -0.2) is 9.18 Å². The lowest BCUT2D eigenvalue weighted by molar-refractivity contribution is -0.142. The molecule has 0 fully saturated rings. The third-order valence-corrected chi connectivity index (χ3v) is 5.62. The average molecular weight is 485 g/mol. The zero-order valence-corrected chi connectivity index (χ0v) is 19.1. The predicted octanol–water partition coefficient (Wildman–Crippen LogP) is 2.81. The summed E-state index contributed by atoms with van der Waals surface area (Å²) in [5.41, 5.74) is 1.60. The van der Waals surface area contributed by atoms with Crippen LogP contribution in [-0.2, 0) is 22.7 Å². The summed E-state index contributed by atoms with van der Waals surface area (Å²) in [6.07, 6.45) is 0.895. The van der Waals surface area contributed by atoms with Crippen molar-refractivity contribution in [3.63, 3.8) is 0 Å². The molecule has 1 aliphatic rings. The first-order valence-electron chi connectivity index (χ1n) is 10.5. The molecule has 1 aromatic heterocycles. The molecule has 10 heteroatoms. The largest absolute Gasteiger partial charge is 0.458 e. The normalized spacial score (nSPS) is 15.7. The number of aliphatic hydroxyl groups is 1. The molecule has 0 saturated heterocycles. The smallest absolute Gasteiger partial charge is 0.352 e. The molecule has 0 saturated carbocycles. The Hall–Kier alpha value is -3.56. The van der Waals surface area contributed by atoms with E-state index in [9.17, 15) is 19.1 Å². The highest BCUT2D eigenvalue weighted by Crippen LogP contribution is 2.25. The van der Waals surface area contributed by atoms with E-state index in [4.69, 9.17) is 16.3 Å². The van der Waals surface area contributed by atoms with Crippen LogP contribution in [0.15, 0.2) is 59.4 Å². The standard InChI is InChI=1S/C24H22ClFN4O4/c1-15(31)34-14-22-27-23(28-24(33)30(22)12-16-2-6-18(25)7-3-16)29-11-10-20(21(32)13-29)17-4-8-19(26)9-5-17/h2-10,21,32H,11-14H2,1H3. The summed E-state index contributed by atoms with van der Waals surface area (Å²) in [4.78, 5) is 34.5. The number of benzene rings is 2. The lowest BCUT2D eigenvalue weighted by Gasteiger charge is -2.30. The molecule has 1 atom stereocenters. The molecular formula is C24H22ClFN4O4. The molecule has 3 aromatic rings. The minimum absolute atomic E-state index is 0.118. The second-order valence-electron chi connectivity index (χ2n) is 7.80. The topological polar surface area (TPSA) is 97.6 Å². The van der Waals surface area contributed by atoms with E-state index < -0.39 is 17.8 Å². The number of aliphatic hydroxyl groups excluding tert-OH is 1. The van der Waals surface area contributed by atoms with Gasteiger partial charge in [-0.3, -0.25) is 9.36 Å². The van der Waals surface area contributed by atoms with Crippen molar-refractivity contribution in [1.29, 1.82) is 0 Å². The Morgan fingerprint density at radius 3 is 2.53 bits per heavy atom. The molecule has 0 amide bonds. The van der Waals surface area contributed by atoms with Crippen LogP contribution >= 0.6 is 11.6 Å². The zero-order chi connectivity index (χ0) is 24.2. The van der Waals surface area contributed by atoms with Gasteiger partial charge in [-0.05, 0) is 41.0 Å². The van der Waals surface area contributed by atoms with Crippen LogP contribution in [0.3, 0.4) is 0 Å². The highest BCUT2D eigenvalue weighted by Gasteiger charge is 2.25. The molecule has 4 rings (SSSR count). The molecule has 2 heterocycles. The van der Waals surface area contributed by atoms with Crippen LogP contribution in [-0.4, -0.2) is 44.8 Å². The summed E-state index contributed by atoms with van der Waals surface area (Å²) in [6.45, 7) is 1.70. The Balaban J connectivity index is 1.63. The fourth-order valence-corrected chi connectivity index (χ4v) is 3.77. The molecule has 1 aliphatic heterocycles. The van der Waals surface area contributed by atoms with Crippen molar-refractivity contribution in [2.45, 2.75) is 26.2 Å². The number of esters is 1. The van der Waals surface area contributed by atoms with Crippen LogP contribution in [0.5, 0.6) is 0 Å². The minimum Gasteiger partial charge on any atom is -0.458 e. The van der Waals surface area contributed by atoms with Gasteiger partial charge in [-0.15, -0.1) is 0 Å². The number of aromatic nitrogens is 3. The Kier molecular flexibility index (Phi) is 7.04. The van der Waals surface area contributed by atoms with E-state index in [1.807, 2.05) is 0 Å². The van der Waals surface area contributed by atoms with Crippen molar-refractivity contribution < 1.29 is 19.0 Å². The summed E-state index contributed by atoms with van der Waals surface area (Å²) in [6, 6.07) is 12.9. The third-order valence-electron chi connectivity index (χ3n) is 5.37. The fraction of sp³-hybridized carbons (Fsp3) is 0.250. The number of carbonyl (C=O) groups is 1. The van der Waals surface area contributed by atoms with Crippen LogP contribution in [0.25, 0.3) is 5.57 Å². The van der Waals surface area contributed by atoms with Crippen LogP contribution < -0.4 is 10.6 Å². The molecule has 0 bridgehead atoms. The first-order chi connectivity index (χ1) is 16.3. The fourth-order valence-electron chi connectivity index (χ4n) is 3.65. The van der Waals surface area contributed by atoms with E-state index in [0.29, 0.717) is 22.7 Å². The van der Waals surface area contributed by atoms with Gasteiger partial charge < -0.3 is 14.7 Å². The summed E-state index contributed by atoms with van der Waals surface area (Å²) in [5.74, 6) is -0.522. The monoisotopic (exact) mass is 484 g/mol. The number of hydrogen-bond acceptors (Lipinski definition) is 7. The Morgan fingerprint density at radius 2 is 1.88 bits per heavy atom. The van der Waals surface area contributed by atoms with Crippen molar-refractivity contribution >= 4 is 29.1 Å².